The van der Waals surface area contributed by atoms with E-state index in [-0.39, 0.29) is 25.7 Å². The Balaban J connectivity index is 2.65. The first kappa shape index (κ1) is 24.1. The number of rotatable bonds is 10. The summed E-state index contributed by atoms with van der Waals surface area (Å²) in [6.07, 6.45) is 3.66. The van der Waals surface area contributed by atoms with E-state index in [4.69, 9.17) is 14.6 Å². The van der Waals surface area contributed by atoms with Crippen molar-refractivity contribution in [1.82, 2.24) is 0 Å². The minimum absolute atomic E-state index is 0.0175. The molecule has 0 spiro atoms. The average Bonchev–Trinajstić information content (AvgIpc) is 2.65. The molecule has 1 rings (SSSR count). The van der Waals surface area contributed by atoms with Crippen LogP contribution in [0.4, 0.5) is 0 Å². The van der Waals surface area contributed by atoms with E-state index in [1.165, 1.54) is 12.2 Å². The number of aliphatic hydroxyl groups excluding tert-OH is 2. The molecule has 28 heavy (non-hydrogen) atoms. The zero-order valence-corrected chi connectivity index (χ0v) is 16.4. The average molecular weight is 400 g/mol. The van der Waals surface area contributed by atoms with Crippen molar-refractivity contribution in [3.05, 3.63) is 12.2 Å². The Morgan fingerprint density at radius 1 is 1.14 bits per heavy atom. The SMILES string of the molecule is CCCCCCC[C@H]1OC(=O)CCC(OC(=O)CCC(=O)O)/C=C/[C@H](O)[C@@H]1O. The maximum Gasteiger partial charge on any atom is 0.306 e. The van der Waals surface area contributed by atoms with Crippen LogP contribution in [0.15, 0.2) is 12.2 Å². The van der Waals surface area contributed by atoms with Crippen LogP contribution in [0.2, 0.25) is 0 Å². The van der Waals surface area contributed by atoms with Crippen LogP contribution in [0.3, 0.4) is 0 Å². The van der Waals surface area contributed by atoms with Gasteiger partial charge in [-0.2, -0.15) is 0 Å². The number of carbonyl (C=O) groups is 3. The molecule has 8 heteroatoms. The Bertz CT molecular complexity index is 530. The van der Waals surface area contributed by atoms with E-state index in [2.05, 4.69) is 6.92 Å². The fourth-order valence-corrected chi connectivity index (χ4v) is 2.94. The fourth-order valence-electron chi connectivity index (χ4n) is 2.94. The van der Waals surface area contributed by atoms with E-state index >= 15 is 0 Å². The van der Waals surface area contributed by atoms with Gasteiger partial charge in [-0.15, -0.1) is 0 Å². The molecule has 0 fully saturated rings. The molecule has 0 radical (unpaired) electrons. The molecule has 1 heterocycles. The van der Waals surface area contributed by atoms with Gasteiger partial charge in [0.15, 0.2) is 0 Å². The number of aliphatic hydroxyl groups is 2. The Morgan fingerprint density at radius 3 is 2.54 bits per heavy atom. The topological polar surface area (TPSA) is 130 Å². The quantitative estimate of drug-likeness (QED) is 0.289. The highest BCUT2D eigenvalue weighted by Crippen LogP contribution is 2.19. The number of hydrogen-bond acceptors (Lipinski definition) is 7. The molecule has 0 aromatic rings. The molecule has 0 amide bonds. The molecule has 4 atom stereocenters. The van der Waals surface area contributed by atoms with Gasteiger partial charge < -0.3 is 24.8 Å². The minimum atomic E-state index is -1.27. The molecule has 1 unspecified atom stereocenters. The Morgan fingerprint density at radius 2 is 1.86 bits per heavy atom. The highest BCUT2D eigenvalue weighted by Gasteiger charge is 2.29. The molecule has 0 saturated heterocycles. The number of hydrogen-bond donors (Lipinski definition) is 3. The van der Waals surface area contributed by atoms with Crippen LogP contribution < -0.4 is 0 Å². The molecule has 160 valence electrons. The lowest BCUT2D eigenvalue weighted by molar-refractivity contribution is -0.161. The monoisotopic (exact) mass is 400 g/mol. The smallest absolute Gasteiger partial charge is 0.306 e. The number of carboxylic acids is 1. The summed E-state index contributed by atoms with van der Waals surface area (Å²) in [5.74, 6) is -2.35. The molecular formula is C20H32O8. The first-order valence-electron chi connectivity index (χ1n) is 9.98. The van der Waals surface area contributed by atoms with E-state index in [1.54, 1.807) is 0 Å². The van der Waals surface area contributed by atoms with E-state index in [1.807, 2.05) is 0 Å². The molecule has 0 saturated carbocycles. The van der Waals surface area contributed by atoms with Crippen molar-refractivity contribution < 1.29 is 39.2 Å². The largest absolute Gasteiger partial charge is 0.481 e. The number of aliphatic carboxylic acids is 1. The van der Waals surface area contributed by atoms with Crippen molar-refractivity contribution in [3.8, 4) is 0 Å². The first-order chi connectivity index (χ1) is 13.3. The summed E-state index contributed by atoms with van der Waals surface area (Å²) in [6, 6.07) is 0. The second-order valence-corrected chi connectivity index (χ2v) is 7.06. The summed E-state index contributed by atoms with van der Waals surface area (Å²) in [7, 11) is 0. The van der Waals surface area contributed by atoms with Gasteiger partial charge in [0.25, 0.3) is 0 Å². The van der Waals surface area contributed by atoms with Crippen LogP contribution in [-0.2, 0) is 23.9 Å². The highest BCUT2D eigenvalue weighted by atomic mass is 16.6. The fraction of sp³-hybridized carbons (Fsp3) is 0.750. The zero-order valence-electron chi connectivity index (χ0n) is 16.4. The van der Waals surface area contributed by atoms with Gasteiger partial charge in [0.2, 0.25) is 0 Å². The number of unbranched alkanes of at least 4 members (excludes halogenated alkanes) is 4. The third-order valence-corrected chi connectivity index (χ3v) is 4.59. The highest BCUT2D eigenvalue weighted by molar-refractivity contribution is 5.76. The van der Waals surface area contributed by atoms with Gasteiger partial charge in [-0.3, -0.25) is 14.4 Å². The van der Waals surface area contributed by atoms with Gasteiger partial charge in [0.05, 0.1) is 12.8 Å². The standard InChI is InChI=1S/C20H32O8/c1-2-3-4-5-6-7-16-20(26)15(21)10-8-14(9-12-19(25)28-16)27-18(24)13-11-17(22)23/h8,10,14-16,20-21,26H,2-7,9,11-13H2,1H3,(H,22,23)/b10-8+/t14?,15-,16+,20-/m0/s1. The van der Waals surface area contributed by atoms with E-state index < -0.39 is 42.3 Å². The summed E-state index contributed by atoms with van der Waals surface area (Å²) in [6.45, 7) is 2.12. The van der Waals surface area contributed by atoms with Crippen LogP contribution in [0.5, 0.6) is 0 Å². The molecule has 0 aliphatic carbocycles. The van der Waals surface area contributed by atoms with Gasteiger partial charge in [-0.25, -0.2) is 0 Å². The predicted molar refractivity (Wildman–Crippen MR) is 100 cm³/mol. The summed E-state index contributed by atoms with van der Waals surface area (Å²) in [4.78, 5) is 34.3. The third-order valence-electron chi connectivity index (χ3n) is 4.59. The van der Waals surface area contributed by atoms with Crippen molar-refractivity contribution in [2.24, 2.45) is 0 Å². The maximum absolute atomic E-state index is 12.1. The zero-order chi connectivity index (χ0) is 20.9. The van der Waals surface area contributed by atoms with E-state index in [0.717, 1.165) is 32.1 Å². The Kier molecular flexibility index (Phi) is 11.4. The van der Waals surface area contributed by atoms with Gasteiger partial charge >= 0.3 is 17.9 Å². The molecule has 0 aromatic carbocycles. The molecule has 3 N–H and O–H groups in total. The van der Waals surface area contributed by atoms with Gasteiger partial charge in [0, 0.05) is 6.42 Å². The van der Waals surface area contributed by atoms with Crippen molar-refractivity contribution in [2.45, 2.75) is 95.5 Å². The molecule has 0 bridgehead atoms. The second-order valence-electron chi connectivity index (χ2n) is 7.06. The summed E-state index contributed by atoms with van der Waals surface area (Å²) in [5.41, 5.74) is 0. The van der Waals surface area contributed by atoms with Gasteiger partial charge in [-0.05, 0) is 25.3 Å². The van der Waals surface area contributed by atoms with E-state index in [0.29, 0.717) is 6.42 Å². The van der Waals surface area contributed by atoms with Crippen molar-refractivity contribution in [3.63, 3.8) is 0 Å². The summed E-state index contributed by atoms with van der Waals surface area (Å²) < 4.78 is 10.5. The number of esters is 2. The Hall–Kier alpha value is -1.93. The molecule has 0 aromatic heterocycles. The van der Waals surface area contributed by atoms with Crippen LogP contribution in [0, 0.1) is 0 Å². The summed E-state index contributed by atoms with van der Waals surface area (Å²) >= 11 is 0. The molecule has 1 aliphatic rings. The van der Waals surface area contributed by atoms with Crippen molar-refractivity contribution >= 4 is 17.9 Å². The van der Waals surface area contributed by atoms with Crippen LogP contribution in [-0.4, -0.2) is 57.6 Å². The van der Waals surface area contributed by atoms with E-state index in [9.17, 15) is 24.6 Å². The third kappa shape index (κ3) is 9.85. The number of carbonyl (C=O) groups excluding carboxylic acids is 2. The maximum atomic E-state index is 12.1. The second kappa shape index (κ2) is 13.3. The van der Waals surface area contributed by atoms with Gasteiger partial charge in [0.1, 0.15) is 24.4 Å². The predicted octanol–water partition coefficient (Wildman–Crippen LogP) is 2.11. The first-order valence-corrected chi connectivity index (χ1v) is 9.98. The lowest BCUT2D eigenvalue weighted by Gasteiger charge is -2.27. The molecule has 1 aliphatic heterocycles. The van der Waals surface area contributed by atoms with Crippen molar-refractivity contribution in [1.29, 1.82) is 0 Å². The van der Waals surface area contributed by atoms with Crippen molar-refractivity contribution in [2.75, 3.05) is 0 Å². The summed E-state index contributed by atoms with van der Waals surface area (Å²) in [5, 5.41) is 29.1. The van der Waals surface area contributed by atoms with Crippen LogP contribution in [0.1, 0.15) is 71.1 Å². The van der Waals surface area contributed by atoms with Gasteiger partial charge in [-0.1, -0.05) is 38.7 Å². The lowest BCUT2D eigenvalue weighted by Crippen LogP contribution is -2.40. The molecule has 8 nitrogen and oxygen atoms in total. The van der Waals surface area contributed by atoms with Crippen LogP contribution in [0.25, 0.3) is 0 Å². The molecular weight excluding hydrogens is 368 g/mol. The van der Waals surface area contributed by atoms with Crippen LogP contribution >= 0.6 is 0 Å². The Labute approximate surface area is 165 Å². The normalized spacial score (nSPS) is 26.9. The lowest BCUT2D eigenvalue weighted by atomic mass is 9.99. The number of cyclic esters (lactones) is 1. The minimum Gasteiger partial charge on any atom is -0.481 e. The number of carboxylic acid groups (broad SMARTS) is 1. The number of ether oxygens (including phenoxy) is 2.